The quantitative estimate of drug-likeness (QED) is 0.0956. The second kappa shape index (κ2) is 13.0. The smallest absolute Gasteiger partial charge is 0.0622 e. The highest BCUT2D eigenvalue weighted by atomic mass is 127. The van der Waals surface area contributed by atoms with Crippen LogP contribution < -0.4 is 0 Å². The monoisotopic (exact) mass is 638 g/mol. The third-order valence-electron chi connectivity index (χ3n) is 4.82. The molecule has 0 fully saturated rings. The number of halogens is 1. The second-order valence-corrected chi connectivity index (χ2v) is 17.4. The molecule has 0 aliphatic carbocycles. The molecule has 0 nitrogen and oxygen atoms in total. The lowest BCUT2D eigenvalue weighted by Crippen LogP contribution is -2.24. The van der Waals surface area contributed by atoms with Gasteiger partial charge in [0.1, 0.15) is 4.75 Å². The van der Waals surface area contributed by atoms with Crippen LogP contribution in [0.3, 0.4) is 0 Å². The molecule has 0 saturated carbocycles. The largest absolute Gasteiger partial charge is 0.102 e. The van der Waals surface area contributed by atoms with Crippen LogP contribution in [0, 0.1) is 0 Å². The van der Waals surface area contributed by atoms with Crippen LogP contribution in [0.15, 0.2) is 125 Å². The molecule has 0 spiro atoms. The lowest BCUT2D eigenvalue weighted by Gasteiger charge is -2.34. The van der Waals surface area contributed by atoms with Gasteiger partial charge < -0.3 is 0 Å². The topological polar surface area (TPSA) is 0 Å². The predicted molar refractivity (Wildman–Crippen MR) is 162 cm³/mol. The molecule has 4 rings (SSSR count). The van der Waals surface area contributed by atoms with Crippen molar-refractivity contribution in [3.8, 4) is 0 Å². The van der Waals surface area contributed by atoms with Crippen LogP contribution in [-0.4, -0.2) is 0 Å². The Morgan fingerprint density at radius 2 is 0.844 bits per heavy atom. The van der Waals surface area contributed by atoms with Crippen LogP contribution in [0.25, 0.3) is 0 Å². The standard InChI is InChI=1S/C25H19IS6/c26-30-32-28-24-19-11-10-18-23(24)27-31-29-25(20-12-4-1-5-13-20,21-14-6-2-7-15-21)22-16-8-3-9-17-22/h1-19H. The van der Waals surface area contributed by atoms with E-state index in [0.29, 0.717) is 0 Å². The first-order valence-corrected chi connectivity index (χ1v) is 19.3. The van der Waals surface area contributed by atoms with Gasteiger partial charge in [0.15, 0.2) is 0 Å². The first kappa shape index (κ1) is 24.8. The fourth-order valence-corrected chi connectivity index (χ4v) is 13.0. The molecule has 0 amide bonds. The number of benzene rings is 4. The van der Waals surface area contributed by atoms with Crippen molar-refractivity contribution in [3.05, 3.63) is 132 Å². The minimum atomic E-state index is -0.309. The Hall–Kier alpha value is -0.290. The second-order valence-electron chi connectivity index (χ2n) is 6.68. The van der Waals surface area contributed by atoms with E-state index in [1.54, 1.807) is 17.8 Å². The molecule has 0 radical (unpaired) electrons. The van der Waals surface area contributed by atoms with Gasteiger partial charge in [-0.3, -0.25) is 0 Å². The first-order chi connectivity index (χ1) is 15.8. The Balaban J connectivity index is 1.71. The van der Waals surface area contributed by atoms with Gasteiger partial charge in [0.2, 0.25) is 0 Å². The van der Waals surface area contributed by atoms with Gasteiger partial charge in [0.05, 0.1) is 0 Å². The molecule has 4 aromatic carbocycles. The van der Waals surface area contributed by atoms with E-state index in [2.05, 4.69) is 136 Å². The molecular weight excluding hydrogens is 620 g/mol. The van der Waals surface area contributed by atoms with Gasteiger partial charge in [0, 0.05) is 31.0 Å². The van der Waals surface area contributed by atoms with Gasteiger partial charge in [-0.15, -0.1) is 0 Å². The number of rotatable bonds is 10. The minimum Gasteiger partial charge on any atom is -0.0622 e. The Morgan fingerprint density at radius 3 is 1.25 bits per heavy atom. The Bertz CT molecular complexity index is 996. The van der Waals surface area contributed by atoms with Crippen molar-refractivity contribution in [1.29, 1.82) is 0 Å². The third kappa shape index (κ3) is 6.03. The molecule has 32 heavy (non-hydrogen) atoms. The summed E-state index contributed by atoms with van der Waals surface area (Å²) in [6.07, 6.45) is 0. The molecular formula is C25H19IS6. The van der Waals surface area contributed by atoms with Gasteiger partial charge in [-0.2, -0.15) is 0 Å². The third-order valence-corrected chi connectivity index (χ3v) is 16.1. The summed E-state index contributed by atoms with van der Waals surface area (Å²) in [7, 11) is 11.0. The fraction of sp³-hybridized carbons (Fsp3) is 0.0400. The maximum absolute atomic E-state index is 2.33. The van der Waals surface area contributed by atoms with Crippen molar-refractivity contribution in [2.45, 2.75) is 14.5 Å². The molecule has 0 aromatic heterocycles. The molecule has 162 valence electrons. The summed E-state index contributed by atoms with van der Waals surface area (Å²) in [6.45, 7) is 0. The highest BCUT2D eigenvalue weighted by Crippen LogP contribution is 2.58. The van der Waals surface area contributed by atoms with Crippen molar-refractivity contribution in [2.75, 3.05) is 0 Å². The minimum absolute atomic E-state index is 0.309. The fourth-order valence-electron chi connectivity index (χ4n) is 3.40. The Morgan fingerprint density at radius 1 is 0.469 bits per heavy atom. The van der Waals surface area contributed by atoms with Crippen LogP contribution in [0.4, 0.5) is 0 Å². The molecule has 0 unspecified atom stereocenters. The van der Waals surface area contributed by atoms with Crippen molar-refractivity contribution < 1.29 is 0 Å². The summed E-state index contributed by atoms with van der Waals surface area (Å²) in [4.78, 5) is 2.61. The van der Waals surface area contributed by atoms with E-state index in [4.69, 9.17) is 0 Å². The zero-order valence-electron chi connectivity index (χ0n) is 16.8. The summed E-state index contributed by atoms with van der Waals surface area (Å²) in [5.41, 5.74) is 3.86. The van der Waals surface area contributed by atoms with Gasteiger partial charge in [-0.05, 0) is 78.0 Å². The summed E-state index contributed by atoms with van der Waals surface area (Å²) < 4.78 is -0.309. The molecule has 7 heteroatoms. The maximum atomic E-state index is 2.33. The van der Waals surface area contributed by atoms with Gasteiger partial charge in [0.25, 0.3) is 0 Å². The van der Waals surface area contributed by atoms with Gasteiger partial charge in [-0.1, -0.05) is 114 Å². The summed E-state index contributed by atoms with van der Waals surface area (Å²) in [5, 5.41) is 0. The van der Waals surface area contributed by atoms with E-state index >= 15 is 0 Å². The molecule has 0 aliphatic heterocycles. The van der Waals surface area contributed by atoms with Crippen molar-refractivity contribution in [1.82, 2.24) is 0 Å². The van der Waals surface area contributed by atoms with E-state index in [0.717, 1.165) is 0 Å². The summed E-state index contributed by atoms with van der Waals surface area (Å²) in [5.74, 6) is 0. The zero-order valence-corrected chi connectivity index (χ0v) is 23.9. The first-order valence-electron chi connectivity index (χ1n) is 9.74. The lowest BCUT2D eigenvalue weighted by molar-refractivity contribution is 0.903. The maximum Gasteiger partial charge on any atom is 0.102 e. The van der Waals surface area contributed by atoms with Crippen LogP contribution in [0.5, 0.6) is 0 Å². The molecule has 4 aromatic rings. The zero-order chi connectivity index (χ0) is 22.1. The molecule has 0 bridgehead atoms. The van der Waals surface area contributed by atoms with Crippen molar-refractivity contribution in [2.24, 2.45) is 0 Å². The Kier molecular flexibility index (Phi) is 10.1. The van der Waals surface area contributed by atoms with Crippen LogP contribution in [0.2, 0.25) is 0 Å². The lowest BCUT2D eigenvalue weighted by atomic mass is 9.84. The Labute approximate surface area is 225 Å². The number of hydrogen-bond donors (Lipinski definition) is 0. The highest BCUT2D eigenvalue weighted by Gasteiger charge is 2.37. The molecule has 0 N–H and O–H groups in total. The molecule has 0 atom stereocenters. The molecule has 0 heterocycles. The van der Waals surface area contributed by atoms with Gasteiger partial charge >= 0.3 is 0 Å². The SMILES string of the molecule is ISSSc1ccccc1SSSC(c1ccccc1)(c1ccccc1)c1ccccc1. The van der Waals surface area contributed by atoms with Crippen LogP contribution in [-0.2, 0) is 4.75 Å². The van der Waals surface area contributed by atoms with E-state index in [-0.39, 0.29) is 4.75 Å². The molecule has 0 saturated heterocycles. The summed E-state index contributed by atoms with van der Waals surface area (Å²) in [6, 6.07) is 41.2. The summed E-state index contributed by atoms with van der Waals surface area (Å²) >= 11 is 2.33. The average molecular weight is 639 g/mol. The van der Waals surface area contributed by atoms with Crippen LogP contribution in [0.1, 0.15) is 16.7 Å². The van der Waals surface area contributed by atoms with E-state index < -0.39 is 0 Å². The van der Waals surface area contributed by atoms with Crippen LogP contribution >= 0.6 is 81.2 Å². The predicted octanol–water partition coefficient (Wildman–Crippen LogP) is 10.8. The molecule has 0 aliphatic rings. The van der Waals surface area contributed by atoms with Crippen molar-refractivity contribution >= 4 is 81.2 Å². The highest BCUT2D eigenvalue weighted by molar-refractivity contribution is 14.2. The van der Waals surface area contributed by atoms with E-state index in [1.807, 2.05) is 42.2 Å². The average Bonchev–Trinajstić information content (AvgIpc) is 2.88. The normalized spacial score (nSPS) is 11.4. The van der Waals surface area contributed by atoms with E-state index in [9.17, 15) is 0 Å². The van der Waals surface area contributed by atoms with E-state index in [1.165, 1.54) is 26.5 Å². The van der Waals surface area contributed by atoms with Gasteiger partial charge in [-0.25, -0.2) is 0 Å². The number of hydrogen-bond acceptors (Lipinski definition) is 6. The van der Waals surface area contributed by atoms with Crippen molar-refractivity contribution in [3.63, 3.8) is 0 Å².